The van der Waals surface area contributed by atoms with Gasteiger partial charge in [0.25, 0.3) is 5.91 Å². The molecule has 0 aliphatic heterocycles. The van der Waals surface area contributed by atoms with Crippen LogP contribution < -0.4 is 5.32 Å². The molecule has 0 fully saturated rings. The first-order valence-electron chi connectivity index (χ1n) is 9.23. The van der Waals surface area contributed by atoms with Gasteiger partial charge in [-0.2, -0.15) is 0 Å². The van der Waals surface area contributed by atoms with E-state index in [1.165, 1.54) is 12.1 Å². The van der Waals surface area contributed by atoms with Crippen molar-refractivity contribution in [2.75, 3.05) is 5.32 Å². The minimum atomic E-state index is -0.692. The highest BCUT2D eigenvalue weighted by Gasteiger charge is 2.22. The Balaban J connectivity index is 2.03. The molecule has 0 heterocycles. The number of anilines is 1. The first-order valence-corrected chi connectivity index (χ1v) is 9.23. The minimum Gasteiger partial charge on any atom is -0.456 e. The van der Waals surface area contributed by atoms with E-state index in [1.807, 2.05) is 6.07 Å². The Morgan fingerprint density at radius 2 is 1.55 bits per heavy atom. The molecule has 0 saturated heterocycles. The topological polar surface area (TPSA) is 55.4 Å². The number of ether oxygens (including phenoxy) is 1. The molecule has 3 aromatic rings. The summed E-state index contributed by atoms with van der Waals surface area (Å²) in [6, 6.07) is 19.7. The Morgan fingerprint density at radius 1 is 0.897 bits per heavy atom. The van der Waals surface area contributed by atoms with Gasteiger partial charge in [-0.1, -0.05) is 42.5 Å². The molecule has 29 heavy (non-hydrogen) atoms. The van der Waals surface area contributed by atoms with Crippen LogP contribution in [-0.4, -0.2) is 17.5 Å². The van der Waals surface area contributed by atoms with Crippen molar-refractivity contribution < 1.29 is 18.7 Å². The summed E-state index contributed by atoms with van der Waals surface area (Å²) in [5.74, 6) is -1.33. The van der Waals surface area contributed by atoms with Crippen molar-refractivity contribution in [2.24, 2.45) is 0 Å². The number of hydrogen-bond donors (Lipinski definition) is 1. The highest BCUT2D eigenvalue weighted by Crippen LogP contribution is 2.29. The van der Waals surface area contributed by atoms with E-state index in [0.717, 1.165) is 0 Å². The van der Waals surface area contributed by atoms with E-state index in [2.05, 4.69) is 5.32 Å². The Hall–Kier alpha value is -3.47. The Kier molecular flexibility index (Phi) is 5.78. The Morgan fingerprint density at radius 3 is 2.21 bits per heavy atom. The molecular formula is C24H22FNO3. The second-order valence-electron chi connectivity index (χ2n) is 7.56. The van der Waals surface area contributed by atoms with Gasteiger partial charge in [-0.25, -0.2) is 9.18 Å². The second kappa shape index (κ2) is 8.27. The summed E-state index contributed by atoms with van der Waals surface area (Å²) < 4.78 is 19.7. The minimum absolute atomic E-state index is 0.198. The zero-order valence-electron chi connectivity index (χ0n) is 16.5. The van der Waals surface area contributed by atoms with Gasteiger partial charge in [-0.15, -0.1) is 0 Å². The monoisotopic (exact) mass is 391 g/mol. The molecule has 4 nitrogen and oxygen atoms in total. The molecule has 148 valence electrons. The summed E-state index contributed by atoms with van der Waals surface area (Å²) in [7, 11) is 0. The van der Waals surface area contributed by atoms with Crippen molar-refractivity contribution in [3.63, 3.8) is 0 Å². The van der Waals surface area contributed by atoms with E-state index in [4.69, 9.17) is 4.74 Å². The maximum absolute atomic E-state index is 14.2. The largest absolute Gasteiger partial charge is 0.456 e. The van der Waals surface area contributed by atoms with Crippen LogP contribution in [0.2, 0.25) is 0 Å². The van der Waals surface area contributed by atoms with Crippen molar-refractivity contribution in [2.45, 2.75) is 26.4 Å². The number of carbonyl (C=O) groups excluding carboxylic acids is 2. The molecule has 1 N–H and O–H groups in total. The highest BCUT2D eigenvalue weighted by molar-refractivity contribution is 6.08. The molecule has 0 aromatic heterocycles. The predicted molar refractivity (Wildman–Crippen MR) is 111 cm³/mol. The summed E-state index contributed by atoms with van der Waals surface area (Å²) in [4.78, 5) is 25.3. The fourth-order valence-corrected chi connectivity index (χ4v) is 2.81. The standard InChI is InChI=1S/C24H22FNO3/c1-24(2,3)29-23(28)19-14-13-17(18-11-7-8-12-20(18)25)15-21(19)26-22(27)16-9-5-4-6-10-16/h4-15H,1-3H3,(H,26,27). The summed E-state index contributed by atoms with van der Waals surface area (Å²) in [6.45, 7) is 5.29. The predicted octanol–water partition coefficient (Wildman–Crippen LogP) is 5.70. The quantitative estimate of drug-likeness (QED) is 0.581. The molecule has 0 spiro atoms. The van der Waals surface area contributed by atoms with Crippen LogP contribution in [0.5, 0.6) is 0 Å². The van der Waals surface area contributed by atoms with Crippen molar-refractivity contribution in [1.82, 2.24) is 0 Å². The van der Waals surface area contributed by atoms with Crippen molar-refractivity contribution >= 4 is 17.6 Å². The fourth-order valence-electron chi connectivity index (χ4n) is 2.81. The average Bonchev–Trinajstić information content (AvgIpc) is 2.67. The van der Waals surface area contributed by atoms with Gasteiger partial charge in [0.2, 0.25) is 0 Å². The number of halogens is 1. The molecule has 5 heteroatoms. The van der Waals surface area contributed by atoms with Crippen LogP contribution in [0.3, 0.4) is 0 Å². The van der Waals surface area contributed by atoms with Gasteiger partial charge >= 0.3 is 5.97 Å². The maximum Gasteiger partial charge on any atom is 0.340 e. The molecule has 0 aliphatic rings. The lowest BCUT2D eigenvalue weighted by Gasteiger charge is -2.21. The normalized spacial score (nSPS) is 11.0. The van der Waals surface area contributed by atoms with Crippen molar-refractivity contribution in [3.05, 3.63) is 89.7 Å². The number of carbonyl (C=O) groups is 2. The zero-order valence-corrected chi connectivity index (χ0v) is 16.5. The molecular weight excluding hydrogens is 369 g/mol. The molecule has 0 aliphatic carbocycles. The first kappa shape index (κ1) is 20.3. The van der Waals surface area contributed by atoms with Crippen LogP contribution in [0, 0.1) is 5.82 Å². The Labute approximate surface area is 169 Å². The van der Waals surface area contributed by atoms with Crippen molar-refractivity contribution in [1.29, 1.82) is 0 Å². The lowest BCUT2D eigenvalue weighted by molar-refractivity contribution is 0.00708. The van der Waals surface area contributed by atoms with Gasteiger partial charge in [0.1, 0.15) is 11.4 Å². The van der Waals surface area contributed by atoms with Gasteiger partial charge < -0.3 is 10.1 Å². The lowest BCUT2D eigenvalue weighted by atomic mass is 10.0. The molecule has 0 saturated carbocycles. The first-order chi connectivity index (χ1) is 13.7. The smallest absolute Gasteiger partial charge is 0.340 e. The third-order valence-corrected chi connectivity index (χ3v) is 4.11. The molecule has 0 bridgehead atoms. The maximum atomic E-state index is 14.2. The molecule has 0 unspecified atom stereocenters. The number of nitrogens with one attached hydrogen (secondary N) is 1. The molecule has 1 amide bonds. The van der Waals surface area contributed by atoms with Gasteiger partial charge in [0, 0.05) is 11.1 Å². The summed E-state index contributed by atoms with van der Waals surface area (Å²) >= 11 is 0. The van der Waals surface area contributed by atoms with E-state index < -0.39 is 17.4 Å². The number of rotatable bonds is 4. The Bertz CT molecular complexity index is 1040. The van der Waals surface area contributed by atoms with E-state index in [1.54, 1.807) is 75.4 Å². The zero-order chi connectivity index (χ0) is 21.0. The number of amides is 1. The number of benzene rings is 3. The van der Waals surface area contributed by atoms with Crippen LogP contribution >= 0.6 is 0 Å². The van der Waals surface area contributed by atoms with E-state index in [0.29, 0.717) is 16.7 Å². The van der Waals surface area contributed by atoms with Crippen LogP contribution in [0.4, 0.5) is 10.1 Å². The molecule has 3 aromatic carbocycles. The third kappa shape index (κ3) is 5.08. The van der Waals surface area contributed by atoms with Crippen LogP contribution in [0.25, 0.3) is 11.1 Å². The second-order valence-corrected chi connectivity index (χ2v) is 7.56. The summed E-state index contributed by atoms with van der Waals surface area (Å²) in [6.07, 6.45) is 0. The average molecular weight is 391 g/mol. The van der Waals surface area contributed by atoms with E-state index in [9.17, 15) is 14.0 Å². The van der Waals surface area contributed by atoms with Gasteiger partial charge in [0.05, 0.1) is 11.3 Å². The fraction of sp³-hybridized carbons (Fsp3) is 0.167. The van der Waals surface area contributed by atoms with Crippen LogP contribution in [-0.2, 0) is 4.74 Å². The molecule has 0 radical (unpaired) electrons. The molecule has 0 atom stereocenters. The van der Waals surface area contributed by atoms with Gasteiger partial charge in [0.15, 0.2) is 0 Å². The summed E-state index contributed by atoms with van der Waals surface area (Å²) in [5, 5.41) is 2.76. The van der Waals surface area contributed by atoms with Gasteiger partial charge in [-0.3, -0.25) is 4.79 Å². The molecule has 3 rings (SSSR count). The van der Waals surface area contributed by atoms with Crippen LogP contribution in [0.15, 0.2) is 72.8 Å². The SMILES string of the molecule is CC(C)(C)OC(=O)c1ccc(-c2ccccc2F)cc1NC(=O)c1ccccc1. The van der Waals surface area contributed by atoms with Crippen LogP contribution in [0.1, 0.15) is 41.5 Å². The number of hydrogen-bond acceptors (Lipinski definition) is 3. The van der Waals surface area contributed by atoms with Gasteiger partial charge in [-0.05, 0) is 56.7 Å². The number of esters is 1. The van der Waals surface area contributed by atoms with E-state index >= 15 is 0 Å². The third-order valence-electron chi connectivity index (χ3n) is 4.11. The van der Waals surface area contributed by atoms with Crippen molar-refractivity contribution in [3.8, 4) is 11.1 Å². The lowest BCUT2D eigenvalue weighted by Crippen LogP contribution is -2.25. The highest BCUT2D eigenvalue weighted by atomic mass is 19.1. The van der Waals surface area contributed by atoms with E-state index in [-0.39, 0.29) is 17.2 Å². The summed E-state index contributed by atoms with van der Waals surface area (Å²) in [5.41, 5.74) is 1.12.